The van der Waals surface area contributed by atoms with Gasteiger partial charge in [0.15, 0.2) is 14.6 Å². The maximum absolute atomic E-state index is 12.8. The number of hydrogen-bond donors (Lipinski definition) is 0. The summed E-state index contributed by atoms with van der Waals surface area (Å²) in [5.41, 5.74) is 2.54. The number of carbonyl (C=O) groups excluding carboxylic acids is 2. The van der Waals surface area contributed by atoms with Crippen LogP contribution < -0.4 is 9.70 Å². The second-order valence-electron chi connectivity index (χ2n) is 7.60. The normalized spacial score (nSPS) is 14.2. The van der Waals surface area contributed by atoms with Gasteiger partial charge in [-0.25, -0.2) is 8.42 Å². The molecule has 4 rings (SSSR count). The van der Waals surface area contributed by atoms with E-state index in [1.165, 1.54) is 16.2 Å². The highest BCUT2D eigenvalue weighted by molar-refractivity contribution is 9.10. The second-order valence-corrected chi connectivity index (χ2v) is 11.6. The van der Waals surface area contributed by atoms with E-state index in [-0.39, 0.29) is 6.54 Å². The third kappa shape index (κ3) is 5.27. The van der Waals surface area contributed by atoms with Crippen LogP contribution in [0.2, 0.25) is 0 Å². The summed E-state index contributed by atoms with van der Waals surface area (Å²) in [7, 11) is -4.00. The molecule has 1 aliphatic heterocycles. The number of amides is 2. The molecule has 2 aromatic carbocycles. The van der Waals surface area contributed by atoms with E-state index in [9.17, 15) is 18.0 Å². The van der Waals surface area contributed by atoms with Crippen LogP contribution in [0.4, 0.5) is 5.69 Å². The van der Waals surface area contributed by atoms with Gasteiger partial charge in [-0.15, -0.1) is 6.42 Å². The van der Waals surface area contributed by atoms with Gasteiger partial charge in [-0.2, -0.15) is 4.99 Å². The minimum absolute atomic E-state index is 0.188. The molecule has 33 heavy (non-hydrogen) atoms. The Hall–Kier alpha value is -2.74. The van der Waals surface area contributed by atoms with Crippen LogP contribution in [0, 0.1) is 12.3 Å². The maximum Gasteiger partial charge on any atom is 0.263 e. The lowest BCUT2D eigenvalue weighted by molar-refractivity contribution is -0.116. The predicted molar refractivity (Wildman–Crippen MR) is 133 cm³/mol. The molecule has 10 heteroatoms. The number of terminal acetylenes is 1. The number of para-hydroxylation sites is 1. The Labute approximate surface area is 203 Å². The molecule has 0 unspecified atom stereocenters. The van der Waals surface area contributed by atoms with Crippen LogP contribution in [-0.4, -0.2) is 42.8 Å². The van der Waals surface area contributed by atoms with Crippen molar-refractivity contribution in [3.63, 3.8) is 0 Å². The molecular weight excluding hydrogens is 526 g/mol. The molecule has 2 heterocycles. The minimum Gasteiger partial charge on any atom is -0.311 e. The third-order valence-corrected chi connectivity index (χ3v) is 8.12. The van der Waals surface area contributed by atoms with Gasteiger partial charge in [0, 0.05) is 16.7 Å². The second kappa shape index (κ2) is 9.63. The molecule has 2 amide bonds. The van der Waals surface area contributed by atoms with E-state index in [2.05, 4.69) is 26.8 Å². The molecule has 0 atom stereocenters. The van der Waals surface area contributed by atoms with Crippen LogP contribution in [0.3, 0.4) is 0 Å². The van der Waals surface area contributed by atoms with E-state index >= 15 is 0 Å². The highest BCUT2D eigenvalue weighted by Crippen LogP contribution is 2.27. The van der Waals surface area contributed by atoms with E-state index in [4.69, 9.17) is 6.42 Å². The van der Waals surface area contributed by atoms with E-state index in [1.807, 2.05) is 42.5 Å². The van der Waals surface area contributed by atoms with Crippen LogP contribution in [0.1, 0.15) is 12.0 Å². The first-order chi connectivity index (χ1) is 15.8. The molecule has 7 nitrogen and oxygen atoms in total. The monoisotopic (exact) mass is 545 g/mol. The molecule has 3 aromatic rings. The molecule has 0 fully saturated rings. The van der Waals surface area contributed by atoms with Crippen LogP contribution in [0.15, 0.2) is 51.9 Å². The summed E-state index contributed by atoms with van der Waals surface area (Å²) in [6, 6.07) is 13.0. The number of anilines is 1. The summed E-state index contributed by atoms with van der Waals surface area (Å²) >= 11 is 4.65. The van der Waals surface area contributed by atoms with Crippen LogP contribution in [-0.2, 0) is 32.4 Å². The lowest BCUT2D eigenvalue weighted by Gasteiger charge is -2.29. The summed E-state index contributed by atoms with van der Waals surface area (Å²) in [4.78, 5) is 31.1. The largest absolute Gasteiger partial charge is 0.311 e. The number of aromatic nitrogens is 1. The number of thiazole rings is 1. The zero-order chi connectivity index (χ0) is 23.6. The standard InChI is InChI=1S/C23H20BrN3O4S2/c1-2-11-27-19-10-9-17(24)13-20(19)32-23(27)25-21(28)14-33(30,31)15-22(29)26-12-5-7-16-6-3-4-8-18(16)26/h1,3-4,6,8-10,13H,5,7,11-12,14-15H2. The molecule has 0 saturated heterocycles. The average Bonchev–Trinajstić information content (AvgIpc) is 3.08. The van der Waals surface area contributed by atoms with Crippen molar-refractivity contribution in [2.75, 3.05) is 23.0 Å². The molecule has 0 N–H and O–H groups in total. The number of benzene rings is 2. The summed E-state index contributed by atoms with van der Waals surface area (Å²) in [6.07, 6.45) is 7.06. The summed E-state index contributed by atoms with van der Waals surface area (Å²) < 4.78 is 28.7. The topological polar surface area (TPSA) is 88.8 Å². The molecule has 0 bridgehead atoms. The lowest BCUT2D eigenvalue weighted by atomic mass is 10.0. The fraction of sp³-hybridized carbons (Fsp3) is 0.261. The van der Waals surface area contributed by atoms with Gasteiger partial charge in [-0.3, -0.25) is 9.59 Å². The number of halogens is 1. The lowest BCUT2D eigenvalue weighted by Crippen LogP contribution is -2.40. The van der Waals surface area contributed by atoms with Crippen molar-refractivity contribution in [2.24, 2.45) is 4.99 Å². The van der Waals surface area contributed by atoms with Crippen molar-refractivity contribution in [2.45, 2.75) is 19.4 Å². The van der Waals surface area contributed by atoms with Crippen molar-refractivity contribution in [3.8, 4) is 12.3 Å². The Morgan fingerprint density at radius 2 is 1.97 bits per heavy atom. The highest BCUT2D eigenvalue weighted by atomic mass is 79.9. The number of aryl methyl sites for hydroxylation is 1. The summed E-state index contributed by atoms with van der Waals surface area (Å²) in [6.45, 7) is 0.639. The quantitative estimate of drug-likeness (QED) is 0.461. The number of rotatable bonds is 5. The number of fused-ring (bicyclic) bond motifs is 2. The molecular formula is C23H20BrN3O4S2. The Bertz CT molecular complexity index is 1460. The highest BCUT2D eigenvalue weighted by Gasteiger charge is 2.28. The Morgan fingerprint density at radius 1 is 1.18 bits per heavy atom. The van der Waals surface area contributed by atoms with Crippen molar-refractivity contribution in [3.05, 3.63) is 57.3 Å². The summed E-state index contributed by atoms with van der Waals surface area (Å²) in [5.74, 6) is -0.434. The zero-order valence-corrected chi connectivity index (χ0v) is 20.7. The Balaban J connectivity index is 1.54. The molecule has 0 aliphatic carbocycles. The van der Waals surface area contributed by atoms with Crippen LogP contribution in [0.25, 0.3) is 10.2 Å². The Kier molecular flexibility index (Phi) is 6.83. The maximum atomic E-state index is 12.8. The third-order valence-electron chi connectivity index (χ3n) is 5.21. The Morgan fingerprint density at radius 3 is 2.76 bits per heavy atom. The SMILES string of the molecule is C#CCn1c(=NC(=O)CS(=O)(=O)CC(=O)N2CCCc3ccccc32)sc2cc(Br)ccc21. The van der Waals surface area contributed by atoms with E-state index in [1.54, 1.807) is 4.57 Å². The first-order valence-electron chi connectivity index (χ1n) is 10.2. The van der Waals surface area contributed by atoms with E-state index < -0.39 is 33.2 Å². The number of nitrogens with zero attached hydrogens (tertiary/aromatic N) is 3. The van der Waals surface area contributed by atoms with Gasteiger partial charge < -0.3 is 9.47 Å². The molecule has 0 saturated carbocycles. The van der Waals surface area contributed by atoms with Crippen molar-refractivity contribution < 1.29 is 18.0 Å². The minimum atomic E-state index is -4.00. The van der Waals surface area contributed by atoms with Crippen molar-refractivity contribution >= 4 is 64.8 Å². The first kappa shape index (κ1) is 23.4. The van der Waals surface area contributed by atoms with Gasteiger partial charge >= 0.3 is 0 Å². The first-order valence-corrected chi connectivity index (χ1v) is 13.6. The van der Waals surface area contributed by atoms with E-state index in [0.29, 0.717) is 11.3 Å². The van der Waals surface area contributed by atoms with Gasteiger partial charge in [0.1, 0.15) is 11.5 Å². The van der Waals surface area contributed by atoms with Crippen LogP contribution in [0.5, 0.6) is 0 Å². The summed E-state index contributed by atoms with van der Waals surface area (Å²) in [5, 5.41) is 0. The van der Waals surface area contributed by atoms with Gasteiger partial charge in [-0.1, -0.05) is 51.4 Å². The van der Waals surface area contributed by atoms with Gasteiger partial charge in [0.25, 0.3) is 5.91 Å². The molecule has 1 aromatic heterocycles. The van der Waals surface area contributed by atoms with Gasteiger partial charge in [0.2, 0.25) is 5.91 Å². The number of hydrogen-bond acceptors (Lipinski definition) is 5. The molecule has 170 valence electrons. The van der Waals surface area contributed by atoms with E-state index in [0.717, 1.165) is 38.8 Å². The molecule has 1 aliphatic rings. The van der Waals surface area contributed by atoms with Crippen molar-refractivity contribution in [1.29, 1.82) is 0 Å². The number of carbonyl (C=O) groups is 2. The average molecular weight is 546 g/mol. The van der Waals surface area contributed by atoms with Gasteiger partial charge in [0.05, 0.1) is 16.8 Å². The fourth-order valence-electron chi connectivity index (χ4n) is 3.81. The van der Waals surface area contributed by atoms with Crippen molar-refractivity contribution in [1.82, 2.24) is 4.57 Å². The van der Waals surface area contributed by atoms with Gasteiger partial charge in [-0.05, 0) is 42.7 Å². The predicted octanol–water partition coefficient (Wildman–Crippen LogP) is 2.92. The smallest absolute Gasteiger partial charge is 0.263 e. The fourth-order valence-corrected chi connectivity index (χ4v) is 6.49. The molecule has 0 radical (unpaired) electrons. The zero-order valence-electron chi connectivity index (χ0n) is 17.5. The molecule has 0 spiro atoms. The number of sulfone groups is 1. The van der Waals surface area contributed by atoms with Crippen LogP contribution >= 0.6 is 27.3 Å².